The topological polar surface area (TPSA) is 97.6 Å². The fraction of sp³-hybridized carbons (Fsp3) is 0.769. The Hall–Kier alpha value is -1.52. The second kappa shape index (κ2) is 7.37. The third-order valence-corrected chi connectivity index (χ3v) is 5.77. The molecular formula is C13H23N5O4S. The first-order valence-corrected chi connectivity index (χ1v) is 9.14. The molecule has 0 bridgehead atoms. The number of likely N-dealkylation sites (N-methyl/N-ethyl adjacent to an activating group) is 1. The van der Waals surface area contributed by atoms with Crippen molar-refractivity contribution in [1.29, 1.82) is 0 Å². The molecule has 0 radical (unpaired) electrons. The van der Waals surface area contributed by atoms with E-state index in [9.17, 15) is 13.2 Å². The van der Waals surface area contributed by atoms with E-state index in [0.717, 1.165) is 0 Å². The number of carbonyl (C=O) groups is 1. The first-order chi connectivity index (χ1) is 10.9. The molecule has 0 N–H and O–H groups in total. The van der Waals surface area contributed by atoms with Crippen molar-refractivity contribution in [2.45, 2.75) is 19.4 Å². The highest BCUT2D eigenvalue weighted by Crippen LogP contribution is 2.24. The molecular weight excluding hydrogens is 322 g/mol. The van der Waals surface area contributed by atoms with Crippen molar-refractivity contribution in [3.05, 3.63) is 11.9 Å². The minimum atomic E-state index is -3.17. The van der Waals surface area contributed by atoms with Gasteiger partial charge in [-0.2, -0.15) is 4.31 Å². The SMILES string of the molecule is CCCS(=O)(=O)N1CC(n2cc(C(=O)N(C)CCOC)nn2)C1. The molecule has 23 heavy (non-hydrogen) atoms. The van der Waals surface area contributed by atoms with Crippen LogP contribution >= 0.6 is 0 Å². The highest BCUT2D eigenvalue weighted by atomic mass is 32.2. The van der Waals surface area contributed by atoms with Crippen molar-refractivity contribution in [3.8, 4) is 0 Å². The Morgan fingerprint density at radius 2 is 2.17 bits per heavy atom. The van der Waals surface area contributed by atoms with Gasteiger partial charge in [-0.15, -0.1) is 5.10 Å². The summed E-state index contributed by atoms with van der Waals surface area (Å²) in [7, 11) is 0.0774. The average molecular weight is 345 g/mol. The molecule has 9 nitrogen and oxygen atoms in total. The van der Waals surface area contributed by atoms with Crippen LogP contribution in [-0.4, -0.2) is 84.7 Å². The van der Waals surface area contributed by atoms with E-state index in [4.69, 9.17) is 4.74 Å². The normalized spacial score (nSPS) is 16.3. The smallest absolute Gasteiger partial charge is 0.275 e. The summed E-state index contributed by atoms with van der Waals surface area (Å²) in [5, 5.41) is 7.84. The number of methoxy groups -OCH3 is 1. The Morgan fingerprint density at radius 3 is 2.78 bits per heavy atom. The molecule has 2 rings (SSSR count). The fourth-order valence-corrected chi connectivity index (χ4v) is 3.85. The van der Waals surface area contributed by atoms with E-state index in [1.54, 1.807) is 25.0 Å². The van der Waals surface area contributed by atoms with E-state index < -0.39 is 10.0 Å². The van der Waals surface area contributed by atoms with Gasteiger partial charge in [-0.3, -0.25) is 4.79 Å². The molecule has 1 amide bonds. The van der Waals surface area contributed by atoms with E-state index in [-0.39, 0.29) is 23.4 Å². The molecule has 0 saturated carbocycles. The van der Waals surface area contributed by atoms with Crippen LogP contribution in [0.5, 0.6) is 0 Å². The maximum Gasteiger partial charge on any atom is 0.275 e. The quantitative estimate of drug-likeness (QED) is 0.635. The molecule has 1 aliphatic heterocycles. The van der Waals surface area contributed by atoms with E-state index in [0.29, 0.717) is 32.7 Å². The Morgan fingerprint density at radius 1 is 1.48 bits per heavy atom. The highest BCUT2D eigenvalue weighted by molar-refractivity contribution is 7.89. The lowest BCUT2D eigenvalue weighted by Gasteiger charge is -2.37. The summed E-state index contributed by atoms with van der Waals surface area (Å²) >= 11 is 0. The van der Waals surface area contributed by atoms with Crippen LogP contribution in [0.4, 0.5) is 0 Å². The summed E-state index contributed by atoms with van der Waals surface area (Å²) in [6.07, 6.45) is 2.17. The van der Waals surface area contributed by atoms with Gasteiger partial charge in [0.25, 0.3) is 5.91 Å². The molecule has 0 unspecified atom stereocenters. The third-order valence-electron chi connectivity index (χ3n) is 3.77. The number of sulfonamides is 1. The number of carbonyl (C=O) groups excluding carboxylic acids is 1. The van der Waals surface area contributed by atoms with Gasteiger partial charge in [0.05, 0.1) is 24.6 Å². The summed E-state index contributed by atoms with van der Waals surface area (Å²) in [6, 6.07) is -0.0695. The van der Waals surface area contributed by atoms with Gasteiger partial charge in [0, 0.05) is 33.8 Å². The first-order valence-electron chi connectivity index (χ1n) is 7.53. The number of hydrogen-bond donors (Lipinski definition) is 0. The van der Waals surface area contributed by atoms with Crippen LogP contribution in [0.2, 0.25) is 0 Å². The maximum absolute atomic E-state index is 12.1. The van der Waals surface area contributed by atoms with Gasteiger partial charge in [0.15, 0.2) is 5.69 Å². The first kappa shape index (κ1) is 17.8. The number of amides is 1. The minimum absolute atomic E-state index is 0.0695. The predicted octanol–water partition coefficient (Wildman–Crippen LogP) is -0.407. The van der Waals surface area contributed by atoms with E-state index in [1.807, 2.05) is 6.92 Å². The molecule has 0 aromatic carbocycles. The summed E-state index contributed by atoms with van der Waals surface area (Å²) in [4.78, 5) is 13.7. The zero-order chi connectivity index (χ0) is 17.0. The molecule has 1 fully saturated rings. The molecule has 130 valence electrons. The molecule has 2 heterocycles. The van der Waals surface area contributed by atoms with Gasteiger partial charge >= 0.3 is 0 Å². The lowest BCUT2D eigenvalue weighted by Crippen LogP contribution is -2.51. The zero-order valence-corrected chi connectivity index (χ0v) is 14.5. The van der Waals surface area contributed by atoms with Crippen molar-refractivity contribution in [1.82, 2.24) is 24.2 Å². The average Bonchev–Trinajstić information content (AvgIpc) is 2.91. The molecule has 1 saturated heterocycles. The third kappa shape index (κ3) is 4.06. The van der Waals surface area contributed by atoms with E-state index in [2.05, 4.69) is 10.3 Å². The van der Waals surface area contributed by atoms with Gasteiger partial charge in [0.2, 0.25) is 10.0 Å². The Labute approximate surface area is 136 Å². The molecule has 0 aliphatic carbocycles. The number of ether oxygens (including phenoxy) is 1. The van der Waals surface area contributed by atoms with Crippen molar-refractivity contribution in [2.24, 2.45) is 0 Å². The van der Waals surface area contributed by atoms with Crippen molar-refractivity contribution >= 4 is 15.9 Å². The van der Waals surface area contributed by atoms with Crippen LogP contribution in [0.25, 0.3) is 0 Å². The van der Waals surface area contributed by atoms with Crippen LogP contribution in [0, 0.1) is 0 Å². The second-order valence-corrected chi connectivity index (χ2v) is 7.68. The standard InChI is InChI=1S/C13H23N5O4S/c1-4-7-23(20,21)17-8-11(9-17)18-10-12(14-15-18)13(19)16(2)5-6-22-3/h10-11H,4-9H2,1-3H3. The predicted molar refractivity (Wildman–Crippen MR) is 83.5 cm³/mol. The number of hydrogen-bond acceptors (Lipinski definition) is 6. The molecule has 10 heteroatoms. The van der Waals surface area contributed by atoms with Crippen LogP contribution in [-0.2, 0) is 14.8 Å². The van der Waals surface area contributed by atoms with Gasteiger partial charge < -0.3 is 9.64 Å². The summed E-state index contributed by atoms with van der Waals surface area (Å²) < 4.78 is 31.7. The fourth-order valence-electron chi connectivity index (χ4n) is 2.28. The Kier molecular flexibility index (Phi) is 5.71. The highest BCUT2D eigenvalue weighted by Gasteiger charge is 2.37. The molecule has 0 spiro atoms. The molecule has 0 atom stereocenters. The Bertz CT molecular complexity index is 639. The van der Waals surface area contributed by atoms with Crippen LogP contribution in [0.15, 0.2) is 6.20 Å². The Balaban J connectivity index is 1.93. The lowest BCUT2D eigenvalue weighted by molar-refractivity contribution is 0.0738. The summed E-state index contributed by atoms with van der Waals surface area (Å²) in [6.45, 7) is 3.50. The van der Waals surface area contributed by atoms with Gasteiger partial charge in [0.1, 0.15) is 0 Å². The number of rotatable bonds is 8. The van der Waals surface area contributed by atoms with Gasteiger partial charge in [-0.1, -0.05) is 12.1 Å². The van der Waals surface area contributed by atoms with Crippen molar-refractivity contribution < 1.29 is 17.9 Å². The largest absolute Gasteiger partial charge is 0.383 e. The zero-order valence-electron chi connectivity index (χ0n) is 13.7. The number of aromatic nitrogens is 3. The lowest BCUT2D eigenvalue weighted by atomic mass is 10.2. The maximum atomic E-state index is 12.1. The molecule has 1 aliphatic rings. The number of nitrogens with zero attached hydrogens (tertiary/aromatic N) is 5. The van der Waals surface area contributed by atoms with E-state index >= 15 is 0 Å². The van der Waals surface area contributed by atoms with Crippen LogP contribution < -0.4 is 0 Å². The minimum Gasteiger partial charge on any atom is -0.383 e. The molecule has 1 aromatic heterocycles. The summed E-state index contributed by atoms with van der Waals surface area (Å²) in [5.41, 5.74) is 0.249. The van der Waals surface area contributed by atoms with E-state index in [1.165, 1.54) is 9.21 Å². The monoisotopic (exact) mass is 345 g/mol. The van der Waals surface area contributed by atoms with Crippen molar-refractivity contribution in [2.75, 3.05) is 46.2 Å². The van der Waals surface area contributed by atoms with Gasteiger partial charge in [-0.25, -0.2) is 13.1 Å². The van der Waals surface area contributed by atoms with Gasteiger partial charge in [-0.05, 0) is 6.42 Å². The van der Waals surface area contributed by atoms with Crippen LogP contribution in [0.3, 0.4) is 0 Å². The van der Waals surface area contributed by atoms with Crippen molar-refractivity contribution in [3.63, 3.8) is 0 Å². The van der Waals surface area contributed by atoms with Crippen LogP contribution in [0.1, 0.15) is 29.9 Å². The second-order valence-electron chi connectivity index (χ2n) is 5.59. The summed E-state index contributed by atoms with van der Waals surface area (Å²) in [5.74, 6) is -0.0754. The molecule has 1 aromatic rings.